The second-order valence-electron chi connectivity index (χ2n) is 4.75. The van der Waals surface area contributed by atoms with Gasteiger partial charge in [0.25, 0.3) is 0 Å². The molecule has 0 heterocycles. The first-order valence-corrected chi connectivity index (χ1v) is 4.64. The molecule has 0 aromatic rings. The van der Waals surface area contributed by atoms with Gasteiger partial charge in [-0.1, -0.05) is 13.8 Å². The van der Waals surface area contributed by atoms with Crippen LogP contribution in [-0.2, 0) is 4.79 Å². The van der Waals surface area contributed by atoms with Gasteiger partial charge in [0.05, 0.1) is 0 Å². The molecule has 0 radical (unpaired) electrons. The summed E-state index contributed by atoms with van der Waals surface area (Å²) < 4.78 is 0. The normalized spacial score (nSPS) is 24.9. The molecular formula is C10H18N2O. The van der Waals surface area contributed by atoms with Crippen molar-refractivity contribution in [1.82, 2.24) is 5.01 Å². The smallest absolute Gasteiger partial charge is 0.139 e. The van der Waals surface area contributed by atoms with Gasteiger partial charge in [-0.05, 0) is 11.8 Å². The summed E-state index contributed by atoms with van der Waals surface area (Å²) in [6, 6.07) is 0. The van der Waals surface area contributed by atoms with E-state index in [1.54, 1.807) is 5.01 Å². The fourth-order valence-electron chi connectivity index (χ4n) is 1.85. The van der Waals surface area contributed by atoms with E-state index in [9.17, 15) is 4.79 Å². The summed E-state index contributed by atoms with van der Waals surface area (Å²) in [6.07, 6.45) is 2.18. The Morgan fingerprint density at radius 2 is 1.92 bits per heavy atom. The quantitative estimate of drug-likeness (QED) is 0.578. The molecular weight excluding hydrogens is 164 g/mol. The molecule has 0 aromatic heterocycles. The van der Waals surface area contributed by atoms with Crippen molar-refractivity contribution in [2.45, 2.75) is 33.1 Å². The molecule has 1 aliphatic carbocycles. The van der Waals surface area contributed by atoms with Gasteiger partial charge in [0.2, 0.25) is 0 Å². The third-order valence-electron chi connectivity index (χ3n) is 2.10. The molecule has 3 nitrogen and oxygen atoms in total. The van der Waals surface area contributed by atoms with Crippen LogP contribution in [0.1, 0.15) is 33.1 Å². The Morgan fingerprint density at radius 3 is 2.38 bits per heavy atom. The monoisotopic (exact) mass is 182 g/mol. The van der Waals surface area contributed by atoms with E-state index in [1.165, 1.54) is 0 Å². The number of carbonyl (C=O) groups is 1. The lowest BCUT2D eigenvalue weighted by molar-refractivity contribution is -0.120. The molecule has 0 spiro atoms. The van der Waals surface area contributed by atoms with Crippen molar-refractivity contribution >= 4 is 11.5 Å². The lowest BCUT2D eigenvalue weighted by atomic mass is 9.76. The molecule has 13 heavy (non-hydrogen) atoms. The molecule has 74 valence electrons. The van der Waals surface area contributed by atoms with Crippen molar-refractivity contribution < 1.29 is 4.79 Å². The minimum Gasteiger partial charge on any atom is -0.303 e. The van der Waals surface area contributed by atoms with Crippen LogP contribution in [0.2, 0.25) is 0 Å². The highest BCUT2D eigenvalue weighted by molar-refractivity contribution is 6.04. The molecule has 0 amide bonds. The first-order chi connectivity index (χ1) is 5.89. The molecule has 1 fully saturated rings. The van der Waals surface area contributed by atoms with Crippen LogP contribution in [0.25, 0.3) is 0 Å². The third-order valence-corrected chi connectivity index (χ3v) is 2.10. The van der Waals surface area contributed by atoms with E-state index in [4.69, 9.17) is 0 Å². The van der Waals surface area contributed by atoms with E-state index in [-0.39, 0.29) is 5.41 Å². The summed E-state index contributed by atoms with van der Waals surface area (Å²) in [7, 11) is 3.78. The SMILES string of the molecule is CN(C)N=C1CC(=O)CC(C)(C)C1. The highest BCUT2D eigenvalue weighted by atomic mass is 16.1. The van der Waals surface area contributed by atoms with Gasteiger partial charge in [0, 0.05) is 32.6 Å². The number of nitrogens with zero attached hydrogens (tertiary/aromatic N) is 2. The van der Waals surface area contributed by atoms with E-state index >= 15 is 0 Å². The lowest BCUT2D eigenvalue weighted by Crippen LogP contribution is -2.30. The molecule has 3 heteroatoms. The van der Waals surface area contributed by atoms with Crippen molar-refractivity contribution in [3.8, 4) is 0 Å². The number of rotatable bonds is 1. The maximum absolute atomic E-state index is 11.4. The van der Waals surface area contributed by atoms with E-state index in [0.29, 0.717) is 18.6 Å². The molecule has 0 bridgehead atoms. The second kappa shape index (κ2) is 3.48. The van der Waals surface area contributed by atoms with Crippen molar-refractivity contribution in [2.24, 2.45) is 10.5 Å². The maximum Gasteiger partial charge on any atom is 0.139 e. The van der Waals surface area contributed by atoms with E-state index < -0.39 is 0 Å². The van der Waals surface area contributed by atoms with Gasteiger partial charge in [0.15, 0.2) is 0 Å². The molecule has 1 aliphatic rings. The number of Topliss-reactive ketones (excluding diaryl/α,β-unsaturated/α-hetero) is 1. The van der Waals surface area contributed by atoms with Crippen LogP contribution in [0.15, 0.2) is 5.10 Å². The van der Waals surface area contributed by atoms with Crippen LogP contribution in [0.3, 0.4) is 0 Å². The molecule has 1 rings (SSSR count). The minimum absolute atomic E-state index is 0.101. The number of carbonyl (C=O) groups excluding carboxylic acids is 1. The summed E-state index contributed by atoms with van der Waals surface area (Å²) in [5.74, 6) is 0.317. The van der Waals surface area contributed by atoms with Gasteiger partial charge < -0.3 is 5.01 Å². The van der Waals surface area contributed by atoms with Crippen LogP contribution in [0.4, 0.5) is 0 Å². The number of ketones is 1. The fourth-order valence-corrected chi connectivity index (χ4v) is 1.85. The van der Waals surface area contributed by atoms with Crippen LogP contribution < -0.4 is 0 Å². The van der Waals surface area contributed by atoms with Crippen LogP contribution in [0, 0.1) is 5.41 Å². The Morgan fingerprint density at radius 1 is 1.31 bits per heavy atom. The van der Waals surface area contributed by atoms with E-state index in [2.05, 4.69) is 18.9 Å². The minimum atomic E-state index is 0.101. The first-order valence-electron chi connectivity index (χ1n) is 4.64. The van der Waals surface area contributed by atoms with E-state index in [1.807, 2.05) is 14.1 Å². The highest BCUT2D eigenvalue weighted by Gasteiger charge is 2.30. The van der Waals surface area contributed by atoms with Gasteiger partial charge in [-0.15, -0.1) is 0 Å². The standard InChI is InChI=1S/C10H18N2O/c1-10(2)6-8(11-12(3)4)5-9(13)7-10/h5-7H2,1-4H3. The van der Waals surface area contributed by atoms with Crippen molar-refractivity contribution in [1.29, 1.82) is 0 Å². The Hall–Kier alpha value is -0.860. The number of hydrazone groups is 1. The van der Waals surface area contributed by atoms with Crippen molar-refractivity contribution in [2.75, 3.05) is 14.1 Å². The Balaban J connectivity index is 2.74. The highest BCUT2D eigenvalue weighted by Crippen LogP contribution is 2.31. The summed E-state index contributed by atoms with van der Waals surface area (Å²) in [5, 5.41) is 6.08. The molecule has 0 saturated heterocycles. The Kier molecular flexibility index (Phi) is 2.74. The van der Waals surface area contributed by atoms with Crippen molar-refractivity contribution in [3.05, 3.63) is 0 Å². The second-order valence-corrected chi connectivity index (χ2v) is 4.75. The molecule has 0 atom stereocenters. The van der Waals surface area contributed by atoms with Gasteiger partial charge in [-0.3, -0.25) is 4.79 Å². The number of hydrogen-bond acceptors (Lipinski definition) is 3. The predicted molar refractivity (Wildman–Crippen MR) is 53.8 cm³/mol. The van der Waals surface area contributed by atoms with Gasteiger partial charge in [0.1, 0.15) is 5.78 Å². The van der Waals surface area contributed by atoms with Crippen LogP contribution in [0.5, 0.6) is 0 Å². The van der Waals surface area contributed by atoms with Crippen molar-refractivity contribution in [3.63, 3.8) is 0 Å². The van der Waals surface area contributed by atoms with Gasteiger partial charge >= 0.3 is 0 Å². The summed E-state index contributed by atoms with van der Waals surface area (Å²) in [4.78, 5) is 11.4. The average Bonchev–Trinajstić information content (AvgIpc) is 1.78. The van der Waals surface area contributed by atoms with E-state index in [0.717, 1.165) is 12.1 Å². The largest absolute Gasteiger partial charge is 0.303 e. The summed E-state index contributed by atoms with van der Waals surface area (Å²) in [5.41, 5.74) is 1.12. The zero-order valence-electron chi connectivity index (χ0n) is 8.92. The van der Waals surface area contributed by atoms with Gasteiger partial charge in [-0.25, -0.2) is 0 Å². The first kappa shape index (κ1) is 10.2. The fraction of sp³-hybridized carbons (Fsp3) is 0.800. The lowest BCUT2D eigenvalue weighted by Gasteiger charge is -2.29. The molecule has 1 saturated carbocycles. The maximum atomic E-state index is 11.4. The zero-order chi connectivity index (χ0) is 10.1. The average molecular weight is 182 g/mol. The Labute approximate surface area is 79.8 Å². The topological polar surface area (TPSA) is 32.7 Å². The summed E-state index contributed by atoms with van der Waals surface area (Å²) in [6.45, 7) is 4.24. The van der Waals surface area contributed by atoms with Crippen LogP contribution >= 0.6 is 0 Å². The number of hydrogen-bond donors (Lipinski definition) is 0. The van der Waals surface area contributed by atoms with Crippen LogP contribution in [-0.4, -0.2) is 30.6 Å². The molecule has 0 unspecified atom stereocenters. The summed E-state index contributed by atoms with van der Waals surface area (Å²) >= 11 is 0. The zero-order valence-corrected chi connectivity index (χ0v) is 8.92. The third kappa shape index (κ3) is 3.17. The predicted octanol–water partition coefficient (Wildman–Crippen LogP) is 1.68. The molecule has 0 aliphatic heterocycles. The molecule has 0 N–H and O–H groups in total. The molecule has 0 aromatic carbocycles. The van der Waals surface area contributed by atoms with Gasteiger partial charge in [-0.2, -0.15) is 5.10 Å². The Bertz CT molecular complexity index is 241.